The summed E-state index contributed by atoms with van der Waals surface area (Å²) in [6, 6.07) is 6.45. The van der Waals surface area contributed by atoms with Crippen LogP contribution in [0.25, 0.3) is 0 Å². The molecule has 5 heteroatoms. The quantitative estimate of drug-likeness (QED) is 0.868. The molecule has 0 bridgehead atoms. The smallest absolute Gasteiger partial charge is 0.410 e. The summed E-state index contributed by atoms with van der Waals surface area (Å²) in [6.07, 6.45) is 7.18. The second-order valence-electron chi connectivity index (χ2n) is 7.49. The summed E-state index contributed by atoms with van der Waals surface area (Å²) in [4.78, 5) is 14.7. The van der Waals surface area contributed by atoms with Crippen molar-refractivity contribution >= 4 is 6.09 Å². The van der Waals surface area contributed by atoms with Crippen LogP contribution in [0.2, 0.25) is 0 Å². The zero-order valence-corrected chi connectivity index (χ0v) is 15.0. The van der Waals surface area contributed by atoms with Gasteiger partial charge in [0.25, 0.3) is 0 Å². The van der Waals surface area contributed by atoms with E-state index < -0.39 is 5.60 Å². The Hall–Kier alpha value is -1.62. The van der Waals surface area contributed by atoms with Gasteiger partial charge in [-0.3, -0.25) is 0 Å². The number of ether oxygens (including phenoxy) is 1. The maximum atomic E-state index is 13.3. The number of hydrogen-bond acceptors (Lipinski definition) is 3. The SMILES string of the molecule is C[C@@H](C1CCCCC1)N1CCC(CCN)(c2ccc(F)cc2)OC1=O. The number of cyclic esters (lactones) is 1. The van der Waals surface area contributed by atoms with Crippen LogP contribution in [0, 0.1) is 11.7 Å². The third kappa shape index (κ3) is 3.81. The fraction of sp³-hybridized carbons (Fsp3) is 0.650. The molecule has 2 aliphatic rings. The van der Waals surface area contributed by atoms with E-state index in [0.29, 0.717) is 31.8 Å². The van der Waals surface area contributed by atoms with E-state index in [1.165, 1.54) is 44.2 Å². The first kappa shape index (κ1) is 18.2. The Morgan fingerprint density at radius 3 is 2.56 bits per heavy atom. The minimum atomic E-state index is -0.734. The fourth-order valence-electron chi connectivity index (χ4n) is 4.42. The van der Waals surface area contributed by atoms with Gasteiger partial charge in [-0.15, -0.1) is 0 Å². The van der Waals surface area contributed by atoms with Crippen LogP contribution in [0.3, 0.4) is 0 Å². The Balaban J connectivity index is 1.75. The Bertz CT molecular complexity index is 586. The molecule has 0 spiro atoms. The number of amides is 1. The van der Waals surface area contributed by atoms with Gasteiger partial charge in [-0.1, -0.05) is 31.4 Å². The molecular weight excluding hydrogens is 319 g/mol. The van der Waals surface area contributed by atoms with Crippen molar-refractivity contribution in [3.8, 4) is 0 Å². The number of halogens is 1. The summed E-state index contributed by atoms with van der Waals surface area (Å²) in [7, 11) is 0. The van der Waals surface area contributed by atoms with Crippen LogP contribution >= 0.6 is 0 Å². The second kappa shape index (κ2) is 7.73. The van der Waals surface area contributed by atoms with Gasteiger partial charge in [0.05, 0.1) is 0 Å². The highest BCUT2D eigenvalue weighted by atomic mass is 19.1. The van der Waals surface area contributed by atoms with Crippen molar-refractivity contribution in [2.24, 2.45) is 11.7 Å². The Morgan fingerprint density at radius 2 is 1.96 bits per heavy atom. The predicted octanol–water partition coefficient (Wildman–Crippen LogP) is 4.18. The van der Waals surface area contributed by atoms with Gasteiger partial charge in [-0.05, 0) is 49.9 Å². The molecular formula is C20H29FN2O2. The normalized spacial score (nSPS) is 26.4. The van der Waals surface area contributed by atoms with E-state index in [1.807, 2.05) is 4.90 Å². The molecule has 1 heterocycles. The average Bonchev–Trinajstić information content (AvgIpc) is 2.63. The van der Waals surface area contributed by atoms with Crippen LogP contribution in [-0.2, 0) is 10.3 Å². The summed E-state index contributed by atoms with van der Waals surface area (Å²) in [5.41, 5.74) is 5.89. The largest absolute Gasteiger partial charge is 0.438 e. The number of carbonyl (C=O) groups excluding carboxylic acids is 1. The minimum absolute atomic E-state index is 0.205. The van der Waals surface area contributed by atoms with Crippen LogP contribution in [0.1, 0.15) is 57.4 Å². The van der Waals surface area contributed by atoms with Gasteiger partial charge < -0.3 is 15.4 Å². The Labute approximate surface area is 149 Å². The molecule has 1 aliphatic heterocycles. The third-order valence-electron chi connectivity index (χ3n) is 6.02. The van der Waals surface area contributed by atoms with Crippen molar-refractivity contribution in [2.45, 2.75) is 63.5 Å². The maximum Gasteiger partial charge on any atom is 0.410 e. The molecule has 2 N–H and O–H groups in total. The Morgan fingerprint density at radius 1 is 1.28 bits per heavy atom. The van der Waals surface area contributed by atoms with Gasteiger partial charge in [0.1, 0.15) is 11.4 Å². The van der Waals surface area contributed by atoms with E-state index in [4.69, 9.17) is 10.5 Å². The summed E-state index contributed by atoms with van der Waals surface area (Å²) in [6.45, 7) is 3.22. The Kier molecular flexibility index (Phi) is 5.62. The standard InChI is InChI=1S/C20H29FN2O2/c1-15(16-5-3-2-4-6-16)23-14-12-20(11-13-22,25-19(23)24)17-7-9-18(21)10-8-17/h7-10,15-16H,2-6,11-14,22H2,1H3/t15-,20?/m0/s1. The van der Waals surface area contributed by atoms with E-state index in [9.17, 15) is 9.18 Å². The first-order valence-electron chi connectivity index (χ1n) is 9.51. The molecule has 1 saturated carbocycles. The zero-order chi connectivity index (χ0) is 17.9. The monoisotopic (exact) mass is 348 g/mol. The molecule has 0 radical (unpaired) electrons. The van der Waals surface area contributed by atoms with E-state index >= 15 is 0 Å². The molecule has 0 aromatic heterocycles. The number of nitrogens with two attached hydrogens (primary N) is 1. The molecule has 25 heavy (non-hydrogen) atoms. The summed E-state index contributed by atoms with van der Waals surface area (Å²) >= 11 is 0. The summed E-state index contributed by atoms with van der Waals surface area (Å²) in [5, 5.41) is 0. The molecule has 1 amide bonds. The van der Waals surface area contributed by atoms with Crippen LogP contribution in [0.15, 0.2) is 24.3 Å². The van der Waals surface area contributed by atoms with Crippen molar-refractivity contribution in [1.82, 2.24) is 4.90 Å². The van der Waals surface area contributed by atoms with Crippen LogP contribution in [0.5, 0.6) is 0 Å². The lowest BCUT2D eigenvalue weighted by Crippen LogP contribution is -2.53. The van der Waals surface area contributed by atoms with Gasteiger partial charge >= 0.3 is 6.09 Å². The van der Waals surface area contributed by atoms with E-state index in [0.717, 1.165) is 5.56 Å². The molecule has 2 atom stereocenters. The fourth-order valence-corrected chi connectivity index (χ4v) is 4.42. The van der Waals surface area contributed by atoms with Crippen molar-refractivity contribution < 1.29 is 13.9 Å². The molecule has 1 aliphatic carbocycles. The molecule has 1 saturated heterocycles. The molecule has 1 aromatic carbocycles. The lowest BCUT2D eigenvalue weighted by molar-refractivity contribution is -0.0694. The highest BCUT2D eigenvalue weighted by Gasteiger charge is 2.43. The summed E-state index contributed by atoms with van der Waals surface area (Å²) < 4.78 is 19.2. The first-order valence-corrected chi connectivity index (χ1v) is 9.51. The molecule has 2 fully saturated rings. The van der Waals surface area contributed by atoms with Crippen molar-refractivity contribution in [1.29, 1.82) is 0 Å². The molecule has 3 rings (SSSR count). The van der Waals surface area contributed by atoms with Crippen molar-refractivity contribution in [2.75, 3.05) is 13.1 Å². The molecule has 4 nitrogen and oxygen atoms in total. The number of benzene rings is 1. The van der Waals surface area contributed by atoms with E-state index in [1.54, 1.807) is 12.1 Å². The lowest BCUT2D eigenvalue weighted by atomic mass is 9.82. The molecule has 138 valence electrons. The molecule has 1 unspecified atom stereocenters. The van der Waals surface area contributed by atoms with Crippen molar-refractivity contribution in [3.63, 3.8) is 0 Å². The van der Waals surface area contributed by atoms with Crippen LogP contribution in [0.4, 0.5) is 9.18 Å². The lowest BCUT2D eigenvalue weighted by Gasteiger charge is -2.45. The number of carbonyl (C=O) groups is 1. The number of rotatable bonds is 5. The third-order valence-corrected chi connectivity index (χ3v) is 6.02. The second-order valence-corrected chi connectivity index (χ2v) is 7.49. The van der Waals surface area contributed by atoms with Gasteiger partial charge in [-0.25, -0.2) is 9.18 Å². The van der Waals surface area contributed by atoms with Crippen LogP contribution in [-0.4, -0.2) is 30.1 Å². The topological polar surface area (TPSA) is 55.6 Å². The van der Waals surface area contributed by atoms with Gasteiger partial charge in [-0.2, -0.15) is 0 Å². The predicted molar refractivity (Wildman–Crippen MR) is 95.6 cm³/mol. The number of nitrogens with zero attached hydrogens (tertiary/aromatic N) is 1. The maximum absolute atomic E-state index is 13.3. The number of hydrogen-bond donors (Lipinski definition) is 1. The van der Waals surface area contributed by atoms with Crippen molar-refractivity contribution in [3.05, 3.63) is 35.6 Å². The van der Waals surface area contributed by atoms with Gasteiger partial charge in [0, 0.05) is 25.4 Å². The zero-order valence-electron chi connectivity index (χ0n) is 15.0. The van der Waals surface area contributed by atoms with Gasteiger partial charge in [0.15, 0.2) is 0 Å². The van der Waals surface area contributed by atoms with Gasteiger partial charge in [0.2, 0.25) is 0 Å². The minimum Gasteiger partial charge on any atom is -0.438 e. The average molecular weight is 348 g/mol. The highest BCUT2D eigenvalue weighted by Crippen LogP contribution is 2.39. The summed E-state index contributed by atoms with van der Waals surface area (Å²) in [5.74, 6) is 0.274. The molecule has 1 aromatic rings. The van der Waals surface area contributed by atoms with E-state index in [2.05, 4.69) is 6.92 Å². The first-order chi connectivity index (χ1) is 12.1. The highest BCUT2D eigenvalue weighted by molar-refractivity contribution is 5.70. The van der Waals surface area contributed by atoms with Crippen LogP contribution < -0.4 is 5.73 Å². The van der Waals surface area contributed by atoms with E-state index in [-0.39, 0.29) is 18.0 Å².